The normalized spacial score (nSPS) is 52.6. The Balaban J connectivity index is 1.32. The predicted molar refractivity (Wildman–Crippen MR) is 76.8 cm³/mol. The van der Waals surface area contributed by atoms with Gasteiger partial charge >= 0.3 is 0 Å². The molecule has 4 rings (SSSR count). The Kier molecular flexibility index (Phi) is 3.35. The molecule has 0 aromatic carbocycles. The summed E-state index contributed by atoms with van der Waals surface area (Å²) in [6, 6.07) is 0.790. The van der Waals surface area contributed by atoms with Gasteiger partial charge in [0.25, 0.3) is 0 Å². The van der Waals surface area contributed by atoms with E-state index in [1.54, 1.807) is 0 Å². The number of aliphatic hydroxyl groups is 1. The molecule has 19 heavy (non-hydrogen) atoms. The van der Waals surface area contributed by atoms with Gasteiger partial charge in [0.05, 0.1) is 6.10 Å². The van der Waals surface area contributed by atoms with Gasteiger partial charge in [0.2, 0.25) is 0 Å². The Morgan fingerprint density at radius 1 is 0.842 bits per heavy atom. The molecule has 4 aliphatic rings. The van der Waals surface area contributed by atoms with Crippen molar-refractivity contribution in [3.63, 3.8) is 0 Å². The first-order valence-corrected chi connectivity index (χ1v) is 8.74. The van der Waals surface area contributed by atoms with Gasteiger partial charge in [0.15, 0.2) is 0 Å². The molecule has 4 saturated carbocycles. The van der Waals surface area contributed by atoms with Gasteiger partial charge in [-0.15, -0.1) is 0 Å². The minimum Gasteiger partial charge on any atom is -0.393 e. The van der Waals surface area contributed by atoms with Gasteiger partial charge in [-0.1, -0.05) is 19.3 Å². The minimum atomic E-state index is -0.0286. The third-order valence-electron chi connectivity index (χ3n) is 6.94. The molecule has 0 saturated heterocycles. The van der Waals surface area contributed by atoms with Crippen LogP contribution in [0.3, 0.4) is 0 Å². The van der Waals surface area contributed by atoms with Gasteiger partial charge in [-0.2, -0.15) is 0 Å². The van der Waals surface area contributed by atoms with Crippen LogP contribution in [0, 0.1) is 29.6 Å². The zero-order valence-corrected chi connectivity index (χ0v) is 12.1. The first-order chi connectivity index (χ1) is 9.33. The fourth-order valence-electron chi connectivity index (χ4n) is 6.03. The molecule has 0 spiro atoms. The highest BCUT2D eigenvalue weighted by atomic mass is 16.3. The van der Waals surface area contributed by atoms with Crippen LogP contribution < -0.4 is 5.32 Å². The summed E-state index contributed by atoms with van der Waals surface area (Å²) in [5.74, 6) is 4.73. The van der Waals surface area contributed by atoms with Crippen LogP contribution in [0.5, 0.6) is 0 Å². The highest BCUT2D eigenvalue weighted by Gasteiger charge is 2.53. The summed E-state index contributed by atoms with van der Waals surface area (Å²) in [4.78, 5) is 0. The molecule has 2 bridgehead atoms. The second kappa shape index (κ2) is 5.04. The number of fused-ring (bicyclic) bond motifs is 5. The number of nitrogens with one attached hydrogen (secondary N) is 1. The summed E-state index contributed by atoms with van der Waals surface area (Å²) in [5, 5.41) is 14.0. The van der Waals surface area contributed by atoms with Crippen LogP contribution >= 0.6 is 0 Å². The number of rotatable bonds is 3. The average molecular weight is 263 g/mol. The van der Waals surface area contributed by atoms with Crippen molar-refractivity contribution >= 4 is 0 Å². The van der Waals surface area contributed by atoms with Gasteiger partial charge in [-0.3, -0.25) is 0 Å². The quantitative estimate of drug-likeness (QED) is 0.820. The molecule has 0 aromatic rings. The van der Waals surface area contributed by atoms with E-state index in [1.807, 2.05) is 0 Å². The van der Waals surface area contributed by atoms with Crippen molar-refractivity contribution in [2.24, 2.45) is 29.6 Å². The van der Waals surface area contributed by atoms with Gasteiger partial charge in [-0.25, -0.2) is 0 Å². The third kappa shape index (κ3) is 2.15. The molecule has 0 radical (unpaired) electrons. The Labute approximate surface area is 117 Å². The molecule has 7 unspecified atom stereocenters. The second-order valence-corrected chi connectivity index (χ2v) is 7.78. The molecular weight excluding hydrogens is 234 g/mol. The minimum absolute atomic E-state index is 0.0286. The van der Waals surface area contributed by atoms with Crippen molar-refractivity contribution in [2.45, 2.75) is 69.9 Å². The smallest absolute Gasteiger partial charge is 0.0580 e. The maximum absolute atomic E-state index is 10.1. The van der Waals surface area contributed by atoms with Crippen molar-refractivity contribution < 1.29 is 5.11 Å². The molecule has 0 aliphatic heterocycles. The third-order valence-corrected chi connectivity index (χ3v) is 6.94. The Bertz CT molecular complexity index is 331. The van der Waals surface area contributed by atoms with Crippen molar-refractivity contribution in [2.75, 3.05) is 6.54 Å². The maximum atomic E-state index is 10.1. The Morgan fingerprint density at radius 3 is 2.58 bits per heavy atom. The fraction of sp³-hybridized carbons (Fsp3) is 1.00. The van der Waals surface area contributed by atoms with Gasteiger partial charge in [-0.05, 0) is 68.1 Å². The lowest BCUT2D eigenvalue weighted by Crippen LogP contribution is -2.43. The molecule has 2 heteroatoms. The molecule has 0 heterocycles. The molecule has 4 aliphatic carbocycles. The molecule has 0 amide bonds. The zero-order valence-electron chi connectivity index (χ0n) is 12.1. The highest BCUT2D eigenvalue weighted by Crippen LogP contribution is 2.58. The van der Waals surface area contributed by atoms with Crippen molar-refractivity contribution in [3.8, 4) is 0 Å². The van der Waals surface area contributed by atoms with Crippen molar-refractivity contribution in [1.82, 2.24) is 5.32 Å². The van der Waals surface area contributed by atoms with Crippen LogP contribution in [0.1, 0.15) is 57.8 Å². The first kappa shape index (κ1) is 12.6. The fourth-order valence-corrected chi connectivity index (χ4v) is 6.03. The van der Waals surface area contributed by atoms with Crippen LogP contribution in [0.25, 0.3) is 0 Å². The van der Waals surface area contributed by atoms with E-state index in [-0.39, 0.29) is 6.10 Å². The number of hydrogen-bond donors (Lipinski definition) is 2. The first-order valence-electron chi connectivity index (χ1n) is 8.74. The van der Waals surface area contributed by atoms with Gasteiger partial charge in [0, 0.05) is 12.6 Å². The lowest BCUT2D eigenvalue weighted by Gasteiger charge is -2.35. The SMILES string of the molecule is OC1CCCCC1CNC1CC2CC1C1CCCC21. The maximum Gasteiger partial charge on any atom is 0.0580 e. The highest BCUT2D eigenvalue weighted by molar-refractivity contribution is 5.05. The summed E-state index contributed by atoms with van der Waals surface area (Å²) in [5.41, 5.74) is 0. The van der Waals surface area contributed by atoms with E-state index in [4.69, 9.17) is 0 Å². The summed E-state index contributed by atoms with van der Waals surface area (Å²) in [7, 11) is 0. The van der Waals surface area contributed by atoms with Gasteiger partial charge in [0.1, 0.15) is 0 Å². The number of hydrogen-bond acceptors (Lipinski definition) is 2. The van der Waals surface area contributed by atoms with E-state index in [9.17, 15) is 5.11 Å². The monoisotopic (exact) mass is 263 g/mol. The van der Waals surface area contributed by atoms with E-state index < -0.39 is 0 Å². The number of aliphatic hydroxyl groups excluding tert-OH is 1. The second-order valence-electron chi connectivity index (χ2n) is 7.78. The molecule has 2 N–H and O–H groups in total. The molecule has 108 valence electrons. The van der Waals surface area contributed by atoms with Crippen LogP contribution in [-0.4, -0.2) is 23.8 Å². The summed E-state index contributed by atoms with van der Waals surface area (Å²) in [6.45, 7) is 1.08. The molecular formula is C17H29NO. The zero-order chi connectivity index (χ0) is 12.8. The molecule has 4 fully saturated rings. The average Bonchev–Trinajstić information content (AvgIpc) is 3.10. The molecule has 0 aromatic heterocycles. The lowest BCUT2D eigenvalue weighted by atomic mass is 9.78. The van der Waals surface area contributed by atoms with Crippen LogP contribution in [0.2, 0.25) is 0 Å². The van der Waals surface area contributed by atoms with Crippen molar-refractivity contribution in [3.05, 3.63) is 0 Å². The predicted octanol–water partition coefficient (Wildman–Crippen LogP) is 2.95. The Morgan fingerprint density at radius 2 is 1.68 bits per heavy atom. The van der Waals surface area contributed by atoms with E-state index in [0.717, 1.165) is 42.7 Å². The summed E-state index contributed by atoms with van der Waals surface area (Å²) in [6.07, 6.45) is 12.3. The summed E-state index contributed by atoms with van der Waals surface area (Å²) < 4.78 is 0. The van der Waals surface area contributed by atoms with E-state index in [2.05, 4.69) is 5.32 Å². The van der Waals surface area contributed by atoms with Crippen LogP contribution in [0.15, 0.2) is 0 Å². The van der Waals surface area contributed by atoms with Crippen LogP contribution in [0.4, 0.5) is 0 Å². The van der Waals surface area contributed by atoms with E-state index in [0.29, 0.717) is 5.92 Å². The van der Waals surface area contributed by atoms with E-state index >= 15 is 0 Å². The molecule has 7 atom stereocenters. The lowest BCUT2D eigenvalue weighted by molar-refractivity contribution is 0.0650. The van der Waals surface area contributed by atoms with Crippen LogP contribution in [-0.2, 0) is 0 Å². The standard InChI is InChI=1S/C17H29NO/c19-17-7-2-1-4-11(17)10-18-16-9-12-8-15(16)14-6-3-5-13(12)14/h11-19H,1-10H2. The topological polar surface area (TPSA) is 32.3 Å². The largest absolute Gasteiger partial charge is 0.393 e. The van der Waals surface area contributed by atoms with Crippen molar-refractivity contribution in [1.29, 1.82) is 0 Å². The Hall–Kier alpha value is -0.0800. The molecule has 2 nitrogen and oxygen atoms in total. The van der Waals surface area contributed by atoms with E-state index in [1.165, 1.54) is 51.4 Å². The van der Waals surface area contributed by atoms with Gasteiger partial charge < -0.3 is 10.4 Å². The summed E-state index contributed by atoms with van der Waals surface area (Å²) >= 11 is 0.